The van der Waals surface area contributed by atoms with Crippen molar-refractivity contribution in [2.45, 2.75) is 52.6 Å². The lowest BCUT2D eigenvalue weighted by Crippen LogP contribution is -2.46. The van der Waals surface area contributed by atoms with Gasteiger partial charge in [-0.25, -0.2) is 0 Å². The van der Waals surface area contributed by atoms with E-state index in [1.807, 2.05) is 0 Å². The van der Waals surface area contributed by atoms with Crippen molar-refractivity contribution in [2.24, 2.45) is 11.3 Å². The van der Waals surface area contributed by atoms with Crippen LogP contribution in [0, 0.1) is 11.3 Å². The predicted octanol–water partition coefficient (Wildman–Crippen LogP) is 3.88. The summed E-state index contributed by atoms with van der Waals surface area (Å²) in [6.07, 6.45) is 2.47. The first kappa shape index (κ1) is 16.5. The normalized spacial score (nSPS) is 22.4. The van der Waals surface area contributed by atoms with Gasteiger partial charge in [0.25, 0.3) is 0 Å². The van der Waals surface area contributed by atoms with Crippen LogP contribution in [-0.2, 0) is 6.42 Å². The standard InChI is InChI=1S/C19H32N2/c1-14(2)17(21(5)6)13-20-18-16-10-8-7-9-15(16)11-12-19(18,3)4/h7-10,14,17-18,20H,11-13H2,1-6H3. The minimum Gasteiger partial charge on any atom is -0.308 e. The van der Waals surface area contributed by atoms with Crippen LogP contribution in [-0.4, -0.2) is 31.6 Å². The minimum atomic E-state index is 0.322. The summed E-state index contributed by atoms with van der Waals surface area (Å²) >= 11 is 0. The van der Waals surface area contributed by atoms with Gasteiger partial charge < -0.3 is 10.2 Å². The molecule has 0 spiro atoms. The third kappa shape index (κ3) is 3.67. The largest absolute Gasteiger partial charge is 0.308 e. The molecule has 0 fully saturated rings. The lowest BCUT2D eigenvalue weighted by molar-refractivity contribution is 0.170. The number of nitrogens with zero attached hydrogens (tertiary/aromatic N) is 1. The molecule has 1 aromatic carbocycles. The van der Waals surface area contributed by atoms with Gasteiger partial charge in [-0.05, 0) is 49.4 Å². The number of rotatable bonds is 5. The molecule has 1 aromatic rings. The van der Waals surface area contributed by atoms with E-state index in [-0.39, 0.29) is 0 Å². The number of hydrogen-bond acceptors (Lipinski definition) is 2. The van der Waals surface area contributed by atoms with Gasteiger partial charge in [-0.2, -0.15) is 0 Å². The minimum absolute atomic E-state index is 0.322. The Kier molecular flexibility index (Phi) is 5.11. The fourth-order valence-electron chi connectivity index (χ4n) is 3.71. The van der Waals surface area contributed by atoms with E-state index in [9.17, 15) is 0 Å². The molecule has 118 valence electrons. The average Bonchev–Trinajstić information content (AvgIpc) is 2.40. The van der Waals surface area contributed by atoms with Gasteiger partial charge in [0.1, 0.15) is 0 Å². The number of hydrogen-bond donors (Lipinski definition) is 1. The van der Waals surface area contributed by atoms with E-state index < -0.39 is 0 Å². The Hall–Kier alpha value is -0.860. The Morgan fingerprint density at radius 2 is 1.90 bits per heavy atom. The van der Waals surface area contributed by atoms with Gasteiger partial charge in [-0.15, -0.1) is 0 Å². The van der Waals surface area contributed by atoms with Gasteiger partial charge in [-0.1, -0.05) is 52.0 Å². The number of likely N-dealkylation sites (N-methyl/N-ethyl adjacent to an activating group) is 1. The molecule has 0 saturated carbocycles. The first-order valence-corrected chi connectivity index (χ1v) is 8.30. The van der Waals surface area contributed by atoms with Crippen LogP contribution in [0.3, 0.4) is 0 Å². The first-order valence-electron chi connectivity index (χ1n) is 8.30. The Morgan fingerprint density at radius 1 is 1.24 bits per heavy atom. The van der Waals surface area contributed by atoms with Crippen LogP contribution in [0.4, 0.5) is 0 Å². The summed E-state index contributed by atoms with van der Waals surface area (Å²) in [6, 6.07) is 10.0. The monoisotopic (exact) mass is 288 g/mol. The molecule has 2 atom stereocenters. The van der Waals surface area contributed by atoms with Gasteiger partial charge in [0.15, 0.2) is 0 Å². The highest BCUT2D eigenvalue weighted by molar-refractivity contribution is 5.34. The zero-order valence-electron chi connectivity index (χ0n) is 14.6. The molecule has 0 aromatic heterocycles. The average molecular weight is 288 g/mol. The smallest absolute Gasteiger partial charge is 0.0375 e. The number of fused-ring (bicyclic) bond motifs is 1. The van der Waals surface area contributed by atoms with Crippen LogP contribution >= 0.6 is 0 Å². The summed E-state index contributed by atoms with van der Waals surface area (Å²) in [4.78, 5) is 2.35. The summed E-state index contributed by atoms with van der Waals surface area (Å²) < 4.78 is 0. The Morgan fingerprint density at radius 3 is 2.52 bits per heavy atom. The maximum absolute atomic E-state index is 3.89. The van der Waals surface area contributed by atoms with E-state index in [0.717, 1.165) is 6.54 Å². The van der Waals surface area contributed by atoms with Crippen LogP contribution in [0.25, 0.3) is 0 Å². The van der Waals surface area contributed by atoms with E-state index in [1.54, 1.807) is 0 Å². The van der Waals surface area contributed by atoms with Crippen molar-refractivity contribution >= 4 is 0 Å². The van der Waals surface area contributed by atoms with Gasteiger partial charge >= 0.3 is 0 Å². The summed E-state index contributed by atoms with van der Waals surface area (Å²) in [6.45, 7) is 10.5. The summed E-state index contributed by atoms with van der Waals surface area (Å²) in [5.41, 5.74) is 3.36. The van der Waals surface area contributed by atoms with E-state index in [2.05, 4.69) is 76.3 Å². The molecule has 0 saturated heterocycles. The molecule has 2 nitrogen and oxygen atoms in total. The molecule has 2 heteroatoms. The second-order valence-electron chi connectivity index (χ2n) is 7.80. The molecule has 2 rings (SSSR count). The van der Waals surface area contributed by atoms with Crippen molar-refractivity contribution in [1.82, 2.24) is 10.2 Å². The molecule has 1 aliphatic rings. The maximum Gasteiger partial charge on any atom is 0.0375 e. The van der Waals surface area contributed by atoms with Gasteiger partial charge in [-0.3, -0.25) is 0 Å². The van der Waals surface area contributed by atoms with Crippen LogP contribution in [0.2, 0.25) is 0 Å². The van der Waals surface area contributed by atoms with Crippen molar-refractivity contribution in [3.8, 4) is 0 Å². The van der Waals surface area contributed by atoms with Crippen molar-refractivity contribution in [2.75, 3.05) is 20.6 Å². The van der Waals surface area contributed by atoms with Crippen molar-refractivity contribution in [1.29, 1.82) is 0 Å². The van der Waals surface area contributed by atoms with E-state index in [1.165, 1.54) is 24.0 Å². The fraction of sp³-hybridized carbons (Fsp3) is 0.684. The SMILES string of the molecule is CC(C)C(CNC1c2ccccc2CCC1(C)C)N(C)C. The number of benzene rings is 1. The second-order valence-corrected chi connectivity index (χ2v) is 7.80. The quantitative estimate of drug-likeness (QED) is 0.884. The van der Waals surface area contributed by atoms with E-state index >= 15 is 0 Å². The van der Waals surface area contributed by atoms with Crippen LogP contribution in [0.5, 0.6) is 0 Å². The first-order chi connectivity index (χ1) is 9.83. The van der Waals surface area contributed by atoms with Gasteiger partial charge in [0.2, 0.25) is 0 Å². The highest BCUT2D eigenvalue weighted by Gasteiger charge is 2.35. The third-order valence-electron chi connectivity index (χ3n) is 5.15. The molecule has 0 amide bonds. The predicted molar refractivity (Wildman–Crippen MR) is 91.6 cm³/mol. The van der Waals surface area contributed by atoms with E-state index in [4.69, 9.17) is 0 Å². The molecular formula is C19H32N2. The molecule has 0 radical (unpaired) electrons. The molecule has 1 aliphatic carbocycles. The Balaban J connectivity index is 2.17. The molecule has 0 bridgehead atoms. The van der Waals surface area contributed by atoms with Gasteiger partial charge in [0, 0.05) is 18.6 Å². The fourth-order valence-corrected chi connectivity index (χ4v) is 3.71. The maximum atomic E-state index is 3.89. The van der Waals surface area contributed by atoms with Crippen molar-refractivity contribution in [3.05, 3.63) is 35.4 Å². The molecule has 1 N–H and O–H groups in total. The van der Waals surface area contributed by atoms with Crippen molar-refractivity contribution in [3.63, 3.8) is 0 Å². The van der Waals surface area contributed by atoms with Crippen molar-refractivity contribution < 1.29 is 0 Å². The number of aryl methyl sites for hydroxylation is 1. The lowest BCUT2D eigenvalue weighted by Gasteiger charge is -2.42. The van der Waals surface area contributed by atoms with E-state index in [0.29, 0.717) is 23.4 Å². The highest BCUT2D eigenvalue weighted by atomic mass is 15.1. The van der Waals surface area contributed by atoms with Crippen LogP contribution in [0.15, 0.2) is 24.3 Å². The topological polar surface area (TPSA) is 15.3 Å². The molecule has 0 aliphatic heterocycles. The zero-order valence-corrected chi connectivity index (χ0v) is 14.6. The zero-order chi connectivity index (χ0) is 15.6. The van der Waals surface area contributed by atoms with Crippen LogP contribution in [0.1, 0.15) is 51.3 Å². The summed E-state index contributed by atoms with van der Waals surface area (Å²) in [5.74, 6) is 0.662. The summed E-state index contributed by atoms with van der Waals surface area (Å²) in [7, 11) is 4.37. The summed E-state index contributed by atoms with van der Waals surface area (Å²) in [5, 5.41) is 3.89. The van der Waals surface area contributed by atoms with Crippen LogP contribution < -0.4 is 5.32 Å². The molecule has 21 heavy (non-hydrogen) atoms. The second kappa shape index (κ2) is 6.50. The molecular weight excluding hydrogens is 256 g/mol. The Labute approximate surface area is 130 Å². The highest BCUT2D eigenvalue weighted by Crippen LogP contribution is 2.43. The Bertz CT molecular complexity index is 454. The number of nitrogens with one attached hydrogen (secondary N) is 1. The lowest BCUT2D eigenvalue weighted by atomic mass is 9.70. The molecule has 0 heterocycles. The van der Waals surface area contributed by atoms with Gasteiger partial charge in [0.05, 0.1) is 0 Å². The molecule has 2 unspecified atom stereocenters. The third-order valence-corrected chi connectivity index (χ3v) is 5.15.